The number of carbonyl (C=O) groups excluding carboxylic acids is 1. The van der Waals surface area contributed by atoms with E-state index in [2.05, 4.69) is 99.0 Å². The average molecular weight is 744 g/mol. The number of aromatic nitrogens is 4. The molecule has 7 atom stereocenters. The first-order valence-corrected chi connectivity index (χ1v) is 21.3. The fourth-order valence-electron chi connectivity index (χ4n) is 7.30. The predicted molar refractivity (Wildman–Crippen MR) is 213 cm³/mol. The van der Waals surface area contributed by atoms with Gasteiger partial charge in [-0.25, -0.2) is 26.2 Å². The topological polar surface area (TPSA) is 108 Å². The van der Waals surface area contributed by atoms with E-state index < -0.39 is 8.53 Å². The molecule has 1 aliphatic rings. The maximum absolute atomic E-state index is 13.1. The van der Waals surface area contributed by atoms with E-state index in [1.165, 1.54) is 51.3 Å². The van der Waals surface area contributed by atoms with E-state index in [-0.39, 0.29) is 42.3 Å². The molecule has 1 fully saturated rings. The van der Waals surface area contributed by atoms with Crippen molar-refractivity contribution in [2.45, 2.75) is 177 Å². The molecule has 11 nitrogen and oxygen atoms in total. The van der Waals surface area contributed by atoms with E-state index in [1.807, 2.05) is 4.57 Å². The molecule has 52 heavy (non-hydrogen) atoms. The maximum Gasteiger partial charge on any atom is 0.259 e. The molecule has 2 aromatic heterocycles. The Morgan fingerprint density at radius 1 is 0.962 bits per heavy atom. The molecule has 6 unspecified atom stereocenters. The highest BCUT2D eigenvalue weighted by atomic mass is 31.2. The summed E-state index contributed by atoms with van der Waals surface area (Å²) in [6.45, 7) is 30.0. The molecule has 0 bridgehead atoms. The lowest BCUT2D eigenvalue weighted by molar-refractivity contribution is -0.117. The number of rotatable bonds is 25. The quantitative estimate of drug-likeness (QED) is 0.0608. The summed E-state index contributed by atoms with van der Waals surface area (Å²) in [6.07, 6.45) is 15.7. The standard InChI is InChI=1S/C40H70N7O4P/c1-12-34-35(51-52(49-23-22-41-11)47(29(4)5)30(6)7)25-37(50-34)46-27-44-38-39(42-26-43-40(38)46)45-36(48)24-33(10)21-15-20-32(9)19-14-18-31(8)17-13-16-28(2)3/h26-35,37H,12-25H2,1-10H3,(H,42,43,45,48)/t31?,32?,33?,34?,35-,37?,52?/m1/s1. The second-order valence-corrected chi connectivity index (χ2v) is 17.6. The van der Waals surface area contributed by atoms with E-state index in [0.717, 1.165) is 37.0 Å². The van der Waals surface area contributed by atoms with Crippen molar-refractivity contribution in [1.82, 2.24) is 24.2 Å². The van der Waals surface area contributed by atoms with E-state index in [4.69, 9.17) is 20.4 Å². The van der Waals surface area contributed by atoms with Gasteiger partial charge in [-0.1, -0.05) is 99.3 Å². The Morgan fingerprint density at radius 2 is 1.58 bits per heavy atom. The van der Waals surface area contributed by atoms with Crippen molar-refractivity contribution in [2.75, 3.05) is 18.5 Å². The predicted octanol–water partition coefficient (Wildman–Crippen LogP) is 10.6. The molecule has 2 aromatic rings. The van der Waals surface area contributed by atoms with Crippen LogP contribution in [0.3, 0.4) is 0 Å². The second kappa shape index (κ2) is 22.9. The monoisotopic (exact) mass is 744 g/mol. The Labute approximate surface area is 316 Å². The Bertz CT molecular complexity index is 1360. The summed E-state index contributed by atoms with van der Waals surface area (Å²) < 4.78 is 23.6. The van der Waals surface area contributed by atoms with Crippen LogP contribution in [0.15, 0.2) is 12.7 Å². The van der Waals surface area contributed by atoms with E-state index in [0.29, 0.717) is 43.0 Å². The average Bonchev–Trinajstić information content (AvgIpc) is 3.68. The zero-order valence-electron chi connectivity index (χ0n) is 34.0. The van der Waals surface area contributed by atoms with Crippen molar-refractivity contribution in [1.29, 1.82) is 0 Å². The fourth-order valence-corrected chi connectivity index (χ4v) is 9.05. The van der Waals surface area contributed by atoms with Gasteiger partial charge in [-0.3, -0.25) is 9.36 Å². The van der Waals surface area contributed by atoms with Crippen LogP contribution in [-0.4, -0.2) is 67.5 Å². The summed E-state index contributed by atoms with van der Waals surface area (Å²) in [6, 6.07) is 0.426. The molecule has 294 valence electrons. The summed E-state index contributed by atoms with van der Waals surface area (Å²) >= 11 is 0. The number of amides is 1. The van der Waals surface area contributed by atoms with Gasteiger partial charge in [0.05, 0.1) is 18.5 Å². The zero-order valence-corrected chi connectivity index (χ0v) is 34.9. The number of nitrogens with one attached hydrogen (secondary N) is 1. The van der Waals surface area contributed by atoms with Crippen molar-refractivity contribution in [3.8, 4) is 0 Å². The van der Waals surface area contributed by atoms with Gasteiger partial charge in [0.25, 0.3) is 8.53 Å². The second-order valence-electron chi connectivity index (χ2n) is 16.2. The zero-order chi connectivity index (χ0) is 38.2. The summed E-state index contributed by atoms with van der Waals surface area (Å²) in [7, 11) is -1.40. The fraction of sp³-hybridized carbons (Fsp3) is 0.825. The molecule has 0 aromatic carbocycles. The third-order valence-corrected chi connectivity index (χ3v) is 12.3. The van der Waals surface area contributed by atoms with E-state index >= 15 is 0 Å². The minimum atomic E-state index is -1.40. The van der Waals surface area contributed by atoms with Crippen LogP contribution in [0.4, 0.5) is 5.82 Å². The van der Waals surface area contributed by atoms with Gasteiger partial charge in [0.1, 0.15) is 19.2 Å². The summed E-state index contributed by atoms with van der Waals surface area (Å²) in [5, 5.41) is 3.02. The lowest BCUT2D eigenvalue weighted by Crippen LogP contribution is -2.35. The first kappa shape index (κ1) is 44.2. The van der Waals surface area contributed by atoms with Gasteiger partial charge < -0.3 is 23.9 Å². The molecule has 3 heterocycles. The van der Waals surface area contributed by atoms with E-state index in [9.17, 15) is 4.79 Å². The smallest absolute Gasteiger partial charge is 0.259 e. The van der Waals surface area contributed by atoms with Crippen molar-refractivity contribution in [2.24, 2.45) is 23.7 Å². The van der Waals surface area contributed by atoms with Crippen LogP contribution < -0.4 is 5.32 Å². The van der Waals surface area contributed by atoms with Crippen molar-refractivity contribution < 1.29 is 18.6 Å². The molecule has 1 N–H and O–H groups in total. The van der Waals surface area contributed by atoms with Gasteiger partial charge in [0.15, 0.2) is 17.0 Å². The number of carbonyl (C=O) groups is 1. The molecule has 0 aliphatic carbocycles. The summed E-state index contributed by atoms with van der Waals surface area (Å²) in [5.41, 5.74) is 1.16. The molecular weight excluding hydrogens is 673 g/mol. The lowest BCUT2D eigenvalue weighted by atomic mass is 9.90. The number of anilines is 1. The molecule has 3 rings (SSSR count). The van der Waals surface area contributed by atoms with Gasteiger partial charge in [0.2, 0.25) is 12.5 Å². The minimum Gasteiger partial charge on any atom is -0.352 e. The SMILES string of the molecule is [C-]#[N+]CCOP(O[C@@H]1CC(n2cnc3c(NC(=O)CC(C)CCCC(C)CCCC(C)CCCC(C)C)ncnc32)OC1CC)N(C(C)C)C(C)C. The first-order chi connectivity index (χ1) is 24.8. The number of hydrogen-bond donors (Lipinski definition) is 1. The van der Waals surface area contributed by atoms with Crippen molar-refractivity contribution in [3.63, 3.8) is 0 Å². The number of ether oxygens (including phenoxy) is 1. The van der Waals surface area contributed by atoms with Crippen LogP contribution in [0.2, 0.25) is 0 Å². The van der Waals surface area contributed by atoms with Crippen LogP contribution in [0.5, 0.6) is 0 Å². The van der Waals surface area contributed by atoms with Gasteiger partial charge in [-0.2, -0.15) is 0 Å². The first-order valence-electron chi connectivity index (χ1n) is 20.2. The number of nitrogens with zero attached hydrogens (tertiary/aromatic N) is 6. The Balaban J connectivity index is 1.52. The Kier molecular flexibility index (Phi) is 19.4. The molecule has 1 aliphatic heterocycles. The maximum atomic E-state index is 13.1. The van der Waals surface area contributed by atoms with Crippen LogP contribution >= 0.6 is 8.53 Å². The highest BCUT2D eigenvalue weighted by Gasteiger charge is 2.41. The molecule has 1 saturated heterocycles. The van der Waals surface area contributed by atoms with Gasteiger partial charge in [0, 0.05) is 24.9 Å². The third-order valence-electron chi connectivity index (χ3n) is 10.2. The van der Waals surface area contributed by atoms with E-state index in [1.54, 1.807) is 6.33 Å². The summed E-state index contributed by atoms with van der Waals surface area (Å²) in [5.74, 6) is 3.03. The Morgan fingerprint density at radius 3 is 2.15 bits per heavy atom. The number of hydrogen-bond acceptors (Lipinski definition) is 8. The normalized spacial score (nSPS) is 20.2. The van der Waals surface area contributed by atoms with Crippen LogP contribution in [0.1, 0.15) is 153 Å². The molecule has 1 amide bonds. The molecule has 12 heteroatoms. The van der Waals surface area contributed by atoms with Gasteiger partial charge in [-0.15, -0.1) is 0 Å². The highest BCUT2D eigenvalue weighted by Crippen LogP contribution is 2.50. The number of imidazole rings is 1. The van der Waals surface area contributed by atoms with Crippen LogP contribution in [0, 0.1) is 30.2 Å². The van der Waals surface area contributed by atoms with Crippen molar-refractivity contribution in [3.05, 3.63) is 24.1 Å². The Hall–Kier alpha value is -2.22. The van der Waals surface area contributed by atoms with Gasteiger partial charge >= 0.3 is 0 Å². The molecule has 0 spiro atoms. The lowest BCUT2D eigenvalue weighted by Gasteiger charge is -2.37. The van der Waals surface area contributed by atoms with Crippen molar-refractivity contribution >= 4 is 31.4 Å². The largest absolute Gasteiger partial charge is 0.352 e. The van der Waals surface area contributed by atoms with Crippen LogP contribution in [-0.2, 0) is 18.6 Å². The third kappa shape index (κ3) is 14.2. The summed E-state index contributed by atoms with van der Waals surface area (Å²) in [4.78, 5) is 30.2. The molecule has 0 radical (unpaired) electrons. The minimum absolute atomic E-state index is 0.0513. The molecule has 0 saturated carbocycles. The number of fused-ring (bicyclic) bond motifs is 1. The highest BCUT2D eigenvalue weighted by molar-refractivity contribution is 7.44. The molecular formula is C40H70N7O4P. The van der Waals surface area contributed by atoms with Gasteiger partial charge in [-0.05, 0) is 57.8 Å². The van der Waals surface area contributed by atoms with Crippen LogP contribution in [0.25, 0.3) is 16.0 Å².